The number of nitrogens with zero attached hydrogens (tertiary/aromatic N) is 1. The fourth-order valence-electron chi connectivity index (χ4n) is 2.99. The molecule has 11 nitrogen and oxygen atoms in total. The summed E-state index contributed by atoms with van der Waals surface area (Å²) in [6, 6.07) is 13.3. The second-order valence-electron chi connectivity index (χ2n) is 6.96. The topological polar surface area (TPSA) is 157 Å². The molecule has 0 aliphatic heterocycles. The number of aromatic hydroxyl groups is 1. The molecule has 0 aliphatic carbocycles. The molecule has 0 atom stereocenters. The summed E-state index contributed by atoms with van der Waals surface area (Å²) in [6.45, 7) is 0.156. The van der Waals surface area contributed by atoms with Crippen LogP contribution in [0.1, 0.15) is 15.9 Å². The zero-order valence-electron chi connectivity index (χ0n) is 18.1. The highest BCUT2D eigenvalue weighted by atomic mass is 32.2. The Hall–Kier alpha value is -4.32. The SMILES string of the molecule is COc1cc(CNC(=O)c2ccc(S(=O)(=O)Nc3cc([N+](=O)[O-])ccc3OC)cc2)ccc1O. The van der Waals surface area contributed by atoms with Gasteiger partial charge in [-0.15, -0.1) is 0 Å². The molecule has 12 heteroatoms. The fraction of sp³-hybridized carbons (Fsp3) is 0.136. The molecule has 3 rings (SSSR count). The van der Waals surface area contributed by atoms with Gasteiger partial charge in [-0.1, -0.05) is 6.07 Å². The number of benzene rings is 3. The number of anilines is 1. The first-order valence-electron chi connectivity index (χ1n) is 9.74. The second-order valence-corrected chi connectivity index (χ2v) is 8.64. The summed E-state index contributed by atoms with van der Waals surface area (Å²) in [5.74, 6) is -0.0831. The number of hydrogen-bond donors (Lipinski definition) is 3. The third kappa shape index (κ3) is 5.53. The number of non-ortho nitro benzene ring substituents is 1. The van der Waals surface area contributed by atoms with Gasteiger partial charge in [0.15, 0.2) is 11.5 Å². The van der Waals surface area contributed by atoms with E-state index >= 15 is 0 Å². The number of rotatable bonds is 9. The zero-order chi connectivity index (χ0) is 24.9. The standard InChI is InChI=1S/C22H21N3O8S/c1-32-20-10-6-16(25(28)29)12-18(20)24-34(30,31)17-7-4-15(5-8-17)22(27)23-13-14-3-9-19(26)21(11-14)33-2/h3-12,24,26H,13H2,1-2H3,(H,23,27). The van der Waals surface area contributed by atoms with Crippen LogP contribution in [0.5, 0.6) is 17.2 Å². The van der Waals surface area contributed by atoms with Crippen LogP contribution in [0.4, 0.5) is 11.4 Å². The van der Waals surface area contributed by atoms with Crippen molar-refractivity contribution in [3.63, 3.8) is 0 Å². The van der Waals surface area contributed by atoms with Gasteiger partial charge >= 0.3 is 0 Å². The van der Waals surface area contributed by atoms with Gasteiger partial charge < -0.3 is 19.9 Å². The largest absolute Gasteiger partial charge is 0.504 e. The van der Waals surface area contributed by atoms with Crippen LogP contribution in [-0.2, 0) is 16.6 Å². The number of ether oxygens (including phenoxy) is 2. The molecule has 0 fully saturated rings. The number of phenols is 1. The molecule has 1 amide bonds. The zero-order valence-corrected chi connectivity index (χ0v) is 19.0. The van der Waals surface area contributed by atoms with E-state index in [1.54, 1.807) is 12.1 Å². The van der Waals surface area contributed by atoms with Gasteiger partial charge in [-0.25, -0.2) is 8.42 Å². The quantitative estimate of drug-likeness (QED) is 0.307. The predicted molar refractivity (Wildman–Crippen MR) is 123 cm³/mol. The first-order valence-corrected chi connectivity index (χ1v) is 11.2. The molecule has 0 heterocycles. The smallest absolute Gasteiger partial charge is 0.271 e. The monoisotopic (exact) mass is 487 g/mol. The number of nitro benzene ring substituents is 1. The number of nitro groups is 1. The van der Waals surface area contributed by atoms with Crippen molar-refractivity contribution in [2.24, 2.45) is 0 Å². The van der Waals surface area contributed by atoms with Crippen molar-refractivity contribution < 1.29 is 32.7 Å². The summed E-state index contributed by atoms with van der Waals surface area (Å²) in [5, 5.41) is 23.3. The van der Waals surface area contributed by atoms with Crippen LogP contribution >= 0.6 is 0 Å². The lowest BCUT2D eigenvalue weighted by atomic mass is 10.1. The van der Waals surface area contributed by atoms with Crippen molar-refractivity contribution in [1.29, 1.82) is 0 Å². The maximum absolute atomic E-state index is 12.8. The number of sulfonamides is 1. The van der Waals surface area contributed by atoms with Crippen LogP contribution in [0.2, 0.25) is 0 Å². The Kier molecular flexibility index (Phi) is 7.21. The van der Waals surface area contributed by atoms with Gasteiger partial charge in [0.1, 0.15) is 5.75 Å². The number of carbonyl (C=O) groups excluding carboxylic acids is 1. The maximum atomic E-state index is 12.8. The van der Waals surface area contributed by atoms with Crippen LogP contribution in [0.25, 0.3) is 0 Å². The van der Waals surface area contributed by atoms with Gasteiger partial charge in [0, 0.05) is 24.2 Å². The Balaban J connectivity index is 1.72. The number of amides is 1. The minimum absolute atomic E-state index is 0.0225. The average Bonchev–Trinajstić information content (AvgIpc) is 2.83. The summed E-state index contributed by atoms with van der Waals surface area (Å²) in [4.78, 5) is 22.6. The summed E-state index contributed by atoms with van der Waals surface area (Å²) in [6.07, 6.45) is 0. The molecular formula is C22H21N3O8S. The lowest BCUT2D eigenvalue weighted by Crippen LogP contribution is -2.23. The van der Waals surface area contributed by atoms with E-state index in [0.717, 1.165) is 6.07 Å². The molecule has 0 radical (unpaired) electrons. The van der Waals surface area contributed by atoms with E-state index in [2.05, 4.69) is 10.0 Å². The molecule has 0 unspecified atom stereocenters. The highest BCUT2D eigenvalue weighted by Gasteiger charge is 2.20. The first-order chi connectivity index (χ1) is 16.1. The Morgan fingerprint density at radius 1 is 1.00 bits per heavy atom. The van der Waals surface area contributed by atoms with Crippen LogP contribution in [0.15, 0.2) is 65.6 Å². The number of carbonyl (C=O) groups is 1. The number of hydrogen-bond acceptors (Lipinski definition) is 8. The van der Waals surface area contributed by atoms with Crippen molar-refractivity contribution in [3.05, 3.63) is 81.9 Å². The van der Waals surface area contributed by atoms with E-state index in [0.29, 0.717) is 5.56 Å². The Labute approximate surface area is 195 Å². The minimum atomic E-state index is -4.12. The van der Waals surface area contributed by atoms with Crippen LogP contribution < -0.4 is 19.5 Å². The molecule has 0 aliphatic rings. The van der Waals surface area contributed by atoms with Gasteiger partial charge in [-0.3, -0.25) is 19.6 Å². The molecule has 3 aromatic rings. The summed E-state index contributed by atoms with van der Waals surface area (Å²) in [7, 11) is -1.40. The van der Waals surface area contributed by atoms with E-state index in [4.69, 9.17) is 9.47 Å². The van der Waals surface area contributed by atoms with Gasteiger partial charge in [0.2, 0.25) is 0 Å². The van der Waals surface area contributed by atoms with Crippen LogP contribution in [-0.4, -0.2) is 38.6 Å². The van der Waals surface area contributed by atoms with Crippen LogP contribution in [0, 0.1) is 10.1 Å². The van der Waals surface area contributed by atoms with Crippen molar-refractivity contribution >= 4 is 27.3 Å². The summed E-state index contributed by atoms with van der Waals surface area (Å²) in [5.41, 5.74) is 0.509. The normalized spacial score (nSPS) is 10.9. The van der Waals surface area contributed by atoms with Crippen molar-refractivity contribution in [2.45, 2.75) is 11.4 Å². The maximum Gasteiger partial charge on any atom is 0.271 e. The third-order valence-electron chi connectivity index (χ3n) is 4.76. The fourth-order valence-corrected chi connectivity index (χ4v) is 4.06. The third-order valence-corrected chi connectivity index (χ3v) is 6.14. The minimum Gasteiger partial charge on any atom is -0.504 e. The number of phenolic OH excluding ortho intramolecular Hbond substituents is 1. The molecule has 0 aromatic heterocycles. The molecule has 0 spiro atoms. The van der Waals surface area contributed by atoms with E-state index in [1.165, 1.54) is 56.7 Å². The van der Waals surface area contributed by atoms with Crippen molar-refractivity contribution in [3.8, 4) is 17.2 Å². The van der Waals surface area contributed by atoms with Crippen molar-refractivity contribution in [2.75, 3.05) is 18.9 Å². The van der Waals surface area contributed by atoms with Gasteiger partial charge in [0.25, 0.3) is 21.6 Å². The molecule has 0 bridgehead atoms. The first kappa shape index (κ1) is 24.3. The number of methoxy groups -OCH3 is 2. The average molecular weight is 487 g/mol. The van der Waals surface area contributed by atoms with Gasteiger partial charge in [-0.05, 0) is 48.0 Å². The molecule has 3 aromatic carbocycles. The number of nitrogens with one attached hydrogen (secondary N) is 2. The molecule has 3 N–H and O–H groups in total. The Morgan fingerprint density at radius 3 is 2.29 bits per heavy atom. The Bertz CT molecular complexity index is 1320. The molecule has 0 saturated heterocycles. The van der Waals surface area contributed by atoms with E-state index in [1.807, 2.05) is 0 Å². The molecular weight excluding hydrogens is 466 g/mol. The molecule has 0 saturated carbocycles. The van der Waals surface area contributed by atoms with E-state index in [9.17, 15) is 28.4 Å². The van der Waals surface area contributed by atoms with E-state index in [-0.39, 0.29) is 45.6 Å². The molecule has 178 valence electrons. The highest BCUT2D eigenvalue weighted by Crippen LogP contribution is 2.31. The van der Waals surface area contributed by atoms with Gasteiger partial charge in [0.05, 0.1) is 29.7 Å². The Morgan fingerprint density at radius 2 is 1.68 bits per heavy atom. The summed E-state index contributed by atoms with van der Waals surface area (Å²) < 4.78 is 37.9. The lowest BCUT2D eigenvalue weighted by Gasteiger charge is -2.12. The van der Waals surface area contributed by atoms with Crippen LogP contribution in [0.3, 0.4) is 0 Å². The van der Waals surface area contributed by atoms with Crippen molar-refractivity contribution in [1.82, 2.24) is 5.32 Å². The summed E-state index contributed by atoms with van der Waals surface area (Å²) >= 11 is 0. The molecule has 34 heavy (non-hydrogen) atoms. The second kappa shape index (κ2) is 10.1. The lowest BCUT2D eigenvalue weighted by molar-refractivity contribution is -0.384. The predicted octanol–water partition coefficient (Wildman–Crippen LogP) is 3.05. The highest BCUT2D eigenvalue weighted by molar-refractivity contribution is 7.92. The van der Waals surface area contributed by atoms with E-state index < -0.39 is 20.9 Å². The van der Waals surface area contributed by atoms with Gasteiger partial charge in [-0.2, -0.15) is 0 Å².